The van der Waals surface area contributed by atoms with Crippen LogP contribution in [0.1, 0.15) is 38.3 Å². The summed E-state index contributed by atoms with van der Waals surface area (Å²) >= 11 is 12.4. The minimum atomic E-state index is 0.0327. The first-order chi connectivity index (χ1) is 8.55. The van der Waals surface area contributed by atoms with E-state index in [1.165, 1.54) is 11.1 Å². The van der Waals surface area contributed by atoms with Crippen molar-refractivity contribution in [1.82, 2.24) is 0 Å². The van der Waals surface area contributed by atoms with Crippen LogP contribution >= 0.6 is 23.2 Å². The van der Waals surface area contributed by atoms with Crippen LogP contribution in [0.25, 0.3) is 0 Å². The minimum Gasteiger partial charge on any atom is -0.126 e. The van der Waals surface area contributed by atoms with Crippen molar-refractivity contribution in [3.63, 3.8) is 0 Å². The standard InChI is InChI=1S/C16H24Cl2/c1-4-14-5-7-15(8-6-14)10-16(11-17,12-18)9-13(2)3/h5-8,13H,4,9-12H2,1-3H3. The molecule has 0 fully saturated rings. The van der Waals surface area contributed by atoms with Crippen molar-refractivity contribution in [1.29, 1.82) is 0 Å². The van der Waals surface area contributed by atoms with Gasteiger partial charge in [0, 0.05) is 17.2 Å². The molecule has 1 aromatic rings. The summed E-state index contributed by atoms with van der Waals surface area (Å²) in [4.78, 5) is 0. The highest BCUT2D eigenvalue weighted by molar-refractivity contribution is 6.21. The van der Waals surface area contributed by atoms with Gasteiger partial charge in [0.25, 0.3) is 0 Å². The minimum absolute atomic E-state index is 0.0327. The van der Waals surface area contributed by atoms with Crippen LogP contribution in [0.15, 0.2) is 24.3 Å². The van der Waals surface area contributed by atoms with Crippen LogP contribution in [0.5, 0.6) is 0 Å². The fourth-order valence-electron chi connectivity index (χ4n) is 2.50. The Morgan fingerprint density at radius 2 is 1.50 bits per heavy atom. The Bertz CT molecular complexity index is 337. The zero-order chi connectivity index (χ0) is 13.6. The van der Waals surface area contributed by atoms with Crippen LogP contribution in [-0.4, -0.2) is 11.8 Å². The lowest BCUT2D eigenvalue weighted by atomic mass is 9.78. The third-order valence-corrected chi connectivity index (χ3v) is 4.55. The maximum absolute atomic E-state index is 6.19. The molecule has 0 saturated carbocycles. The molecule has 0 spiro atoms. The molecule has 2 heteroatoms. The zero-order valence-corrected chi connectivity index (χ0v) is 13.2. The van der Waals surface area contributed by atoms with Crippen LogP contribution in [0.4, 0.5) is 0 Å². The molecule has 0 N–H and O–H groups in total. The van der Waals surface area contributed by atoms with Gasteiger partial charge in [0.2, 0.25) is 0 Å². The van der Waals surface area contributed by atoms with E-state index < -0.39 is 0 Å². The van der Waals surface area contributed by atoms with E-state index in [9.17, 15) is 0 Å². The summed E-state index contributed by atoms with van der Waals surface area (Å²) in [5.41, 5.74) is 2.75. The van der Waals surface area contributed by atoms with Gasteiger partial charge in [0.15, 0.2) is 0 Å². The van der Waals surface area contributed by atoms with E-state index in [-0.39, 0.29) is 5.41 Å². The SMILES string of the molecule is CCc1ccc(CC(CCl)(CCl)CC(C)C)cc1. The number of hydrogen-bond donors (Lipinski definition) is 0. The van der Waals surface area contributed by atoms with Gasteiger partial charge in [-0.25, -0.2) is 0 Å². The number of benzene rings is 1. The van der Waals surface area contributed by atoms with Crippen LogP contribution in [0.2, 0.25) is 0 Å². The van der Waals surface area contributed by atoms with Gasteiger partial charge in [-0.1, -0.05) is 45.0 Å². The van der Waals surface area contributed by atoms with Gasteiger partial charge >= 0.3 is 0 Å². The van der Waals surface area contributed by atoms with Crippen molar-refractivity contribution in [2.75, 3.05) is 11.8 Å². The first-order valence-corrected chi connectivity index (χ1v) is 7.82. The molecule has 18 heavy (non-hydrogen) atoms. The van der Waals surface area contributed by atoms with Crippen molar-refractivity contribution in [2.45, 2.75) is 40.0 Å². The van der Waals surface area contributed by atoms with Crippen LogP contribution in [0.3, 0.4) is 0 Å². The van der Waals surface area contributed by atoms with Crippen molar-refractivity contribution in [2.24, 2.45) is 11.3 Å². The Morgan fingerprint density at radius 3 is 1.89 bits per heavy atom. The smallest absolute Gasteiger partial charge is 0.0294 e. The third-order valence-electron chi connectivity index (χ3n) is 3.42. The predicted molar refractivity (Wildman–Crippen MR) is 82.9 cm³/mol. The average Bonchev–Trinajstić information content (AvgIpc) is 2.38. The molecule has 0 aromatic heterocycles. The van der Waals surface area contributed by atoms with Gasteiger partial charge in [-0.15, -0.1) is 23.2 Å². The van der Waals surface area contributed by atoms with Crippen LogP contribution in [-0.2, 0) is 12.8 Å². The summed E-state index contributed by atoms with van der Waals surface area (Å²) in [6.45, 7) is 6.64. The second kappa shape index (κ2) is 7.40. The topological polar surface area (TPSA) is 0 Å². The van der Waals surface area contributed by atoms with Crippen molar-refractivity contribution in [3.05, 3.63) is 35.4 Å². The van der Waals surface area contributed by atoms with E-state index >= 15 is 0 Å². The molecule has 0 bridgehead atoms. The molecule has 0 radical (unpaired) electrons. The van der Waals surface area contributed by atoms with E-state index in [1.807, 2.05) is 0 Å². The lowest BCUT2D eigenvalue weighted by Crippen LogP contribution is -2.30. The molecular weight excluding hydrogens is 263 g/mol. The van der Waals surface area contributed by atoms with Crippen LogP contribution in [0, 0.1) is 11.3 Å². The fraction of sp³-hybridized carbons (Fsp3) is 0.625. The van der Waals surface area contributed by atoms with Crippen molar-refractivity contribution >= 4 is 23.2 Å². The van der Waals surface area contributed by atoms with Gasteiger partial charge in [-0.05, 0) is 36.3 Å². The molecule has 0 aliphatic heterocycles. The van der Waals surface area contributed by atoms with E-state index in [0.717, 1.165) is 19.3 Å². The molecule has 102 valence electrons. The lowest BCUT2D eigenvalue weighted by Gasteiger charge is -2.31. The second-order valence-corrected chi connectivity index (χ2v) is 6.25. The molecule has 0 unspecified atom stereocenters. The number of hydrogen-bond acceptors (Lipinski definition) is 0. The molecule has 0 atom stereocenters. The van der Waals surface area contributed by atoms with Gasteiger partial charge in [0.05, 0.1) is 0 Å². The average molecular weight is 287 g/mol. The first-order valence-electron chi connectivity index (χ1n) is 6.75. The summed E-state index contributed by atoms with van der Waals surface area (Å²) in [7, 11) is 0. The number of alkyl halides is 2. The highest BCUT2D eigenvalue weighted by Crippen LogP contribution is 2.33. The molecular formula is C16H24Cl2. The normalized spacial score (nSPS) is 12.1. The molecule has 1 rings (SSSR count). The highest BCUT2D eigenvalue weighted by atomic mass is 35.5. The fourth-order valence-corrected chi connectivity index (χ4v) is 3.20. The maximum Gasteiger partial charge on any atom is 0.0294 e. The largest absolute Gasteiger partial charge is 0.126 e. The highest BCUT2D eigenvalue weighted by Gasteiger charge is 2.29. The van der Waals surface area contributed by atoms with Crippen molar-refractivity contribution in [3.8, 4) is 0 Å². The zero-order valence-electron chi connectivity index (χ0n) is 11.7. The summed E-state index contributed by atoms with van der Waals surface area (Å²) < 4.78 is 0. The van der Waals surface area contributed by atoms with Gasteiger partial charge < -0.3 is 0 Å². The summed E-state index contributed by atoms with van der Waals surface area (Å²) in [5, 5.41) is 0. The molecule has 0 nitrogen and oxygen atoms in total. The Hall–Kier alpha value is -0.200. The van der Waals surface area contributed by atoms with Crippen molar-refractivity contribution < 1.29 is 0 Å². The van der Waals surface area contributed by atoms with Gasteiger partial charge in [-0.2, -0.15) is 0 Å². The van der Waals surface area contributed by atoms with Gasteiger partial charge in [-0.3, -0.25) is 0 Å². The lowest BCUT2D eigenvalue weighted by molar-refractivity contribution is 0.295. The van der Waals surface area contributed by atoms with E-state index in [4.69, 9.17) is 23.2 Å². The molecule has 0 aliphatic rings. The molecule has 1 aromatic carbocycles. The summed E-state index contributed by atoms with van der Waals surface area (Å²) in [6.07, 6.45) is 3.14. The maximum atomic E-state index is 6.19. The monoisotopic (exact) mass is 286 g/mol. The Labute approximate surface area is 122 Å². The number of halogens is 2. The quantitative estimate of drug-likeness (QED) is 0.597. The molecule has 0 saturated heterocycles. The Kier molecular flexibility index (Phi) is 6.52. The molecule has 0 heterocycles. The van der Waals surface area contributed by atoms with E-state index in [2.05, 4.69) is 45.0 Å². The molecule has 0 amide bonds. The summed E-state index contributed by atoms with van der Waals surface area (Å²) in [5.74, 6) is 1.88. The molecule has 0 aliphatic carbocycles. The van der Waals surface area contributed by atoms with E-state index in [1.54, 1.807) is 0 Å². The Morgan fingerprint density at radius 1 is 1.00 bits per heavy atom. The predicted octanol–water partition coefficient (Wildman–Crippen LogP) is 5.30. The summed E-state index contributed by atoms with van der Waals surface area (Å²) in [6, 6.07) is 8.84. The third kappa shape index (κ3) is 4.48. The Balaban J connectivity index is 2.81. The number of aryl methyl sites for hydroxylation is 1. The van der Waals surface area contributed by atoms with Crippen LogP contribution < -0.4 is 0 Å². The second-order valence-electron chi connectivity index (χ2n) is 5.71. The van der Waals surface area contributed by atoms with Gasteiger partial charge in [0.1, 0.15) is 0 Å². The van der Waals surface area contributed by atoms with E-state index in [0.29, 0.717) is 17.7 Å². The first kappa shape index (κ1) is 15.9. The number of rotatable bonds is 7.